The predicted molar refractivity (Wildman–Crippen MR) is 117 cm³/mol. The molecule has 2 aromatic heterocycles. The first kappa shape index (κ1) is 19.6. The summed E-state index contributed by atoms with van der Waals surface area (Å²) >= 11 is 1.35. The maximum atomic E-state index is 12.8. The first-order valence-electron chi connectivity index (χ1n) is 9.37. The number of nitrogens with zero attached hydrogens (tertiary/aromatic N) is 2. The molecule has 30 heavy (non-hydrogen) atoms. The number of para-hydroxylation sites is 2. The number of pyridine rings is 1. The van der Waals surface area contributed by atoms with Gasteiger partial charge < -0.3 is 9.47 Å². The van der Waals surface area contributed by atoms with Crippen molar-refractivity contribution in [3.8, 4) is 22.9 Å². The maximum absolute atomic E-state index is 12.8. The number of anilines is 1. The Morgan fingerprint density at radius 1 is 0.867 bits per heavy atom. The van der Waals surface area contributed by atoms with Crippen LogP contribution in [0.5, 0.6) is 11.5 Å². The van der Waals surface area contributed by atoms with Crippen molar-refractivity contribution >= 4 is 22.4 Å². The van der Waals surface area contributed by atoms with Crippen molar-refractivity contribution in [3.05, 3.63) is 89.9 Å². The van der Waals surface area contributed by atoms with Crippen LogP contribution in [0.1, 0.15) is 10.4 Å². The number of carbonyl (C=O) groups is 1. The van der Waals surface area contributed by atoms with Crippen LogP contribution in [0.25, 0.3) is 11.4 Å². The standard InChI is InChI=1S/C23H19N3O3S/c27-22(26-23-25-20(16-30-23)19-11-6-7-13-24-19)18-10-4-5-12-21(18)29-15-14-28-17-8-2-1-3-9-17/h1-13,16H,14-15H2,(H,25,26,27). The number of carbonyl (C=O) groups excluding carboxylic acids is 1. The van der Waals surface area contributed by atoms with Crippen molar-refractivity contribution < 1.29 is 14.3 Å². The highest BCUT2D eigenvalue weighted by atomic mass is 32.1. The van der Waals surface area contributed by atoms with Crippen LogP contribution in [0.15, 0.2) is 84.4 Å². The fraction of sp³-hybridized carbons (Fsp3) is 0.0870. The summed E-state index contributed by atoms with van der Waals surface area (Å²) in [6, 6.07) is 22.2. The van der Waals surface area contributed by atoms with E-state index in [2.05, 4.69) is 15.3 Å². The number of amides is 1. The Bertz CT molecular complexity index is 1100. The topological polar surface area (TPSA) is 73.3 Å². The van der Waals surface area contributed by atoms with E-state index in [1.54, 1.807) is 24.4 Å². The molecule has 7 heteroatoms. The third kappa shape index (κ3) is 5.01. The fourth-order valence-corrected chi connectivity index (χ4v) is 3.43. The minimum absolute atomic E-state index is 0.281. The van der Waals surface area contributed by atoms with Gasteiger partial charge in [-0.1, -0.05) is 36.4 Å². The lowest BCUT2D eigenvalue weighted by Gasteiger charge is -2.11. The second-order valence-corrected chi connectivity index (χ2v) is 7.07. The Morgan fingerprint density at radius 3 is 2.47 bits per heavy atom. The van der Waals surface area contributed by atoms with Gasteiger partial charge in [-0.3, -0.25) is 15.1 Å². The van der Waals surface area contributed by atoms with E-state index in [0.717, 1.165) is 17.1 Å². The van der Waals surface area contributed by atoms with Gasteiger partial charge in [0.1, 0.15) is 30.4 Å². The van der Waals surface area contributed by atoms with Gasteiger partial charge in [0, 0.05) is 11.6 Å². The average Bonchev–Trinajstić information content (AvgIpc) is 3.27. The summed E-state index contributed by atoms with van der Waals surface area (Å²) in [5.74, 6) is 0.990. The highest BCUT2D eigenvalue weighted by Crippen LogP contribution is 2.25. The molecule has 0 radical (unpaired) electrons. The highest BCUT2D eigenvalue weighted by Gasteiger charge is 2.15. The molecule has 0 aliphatic heterocycles. The van der Waals surface area contributed by atoms with E-state index in [9.17, 15) is 4.79 Å². The summed E-state index contributed by atoms with van der Waals surface area (Å²) in [6.45, 7) is 0.695. The van der Waals surface area contributed by atoms with Crippen LogP contribution in [-0.2, 0) is 0 Å². The summed E-state index contributed by atoms with van der Waals surface area (Å²) in [5.41, 5.74) is 1.92. The number of nitrogens with one attached hydrogen (secondary N) is 1. The quantitative estimate of drug-likeness (QED) is 0.412. The molecule has 6 nitrogen and oxygen atoms in total. The average molecular weight is 417 g/mol. The molecule has 2 heterocycles. The van der Waals surface area contributed by atoms with Gasteiger partial charge in [0.05, 0.1) is 11.3 Å². The van der Waals surface area contributed by atoms with E-state index in [1.165, 1.54) is 11.3 Å². The smallest absolute Gasteiger partial charge is 0.261 e. The molecule has 0 unspecified atom stereocenters. The third-order valence-corrected chi connectivity index (χ3v) is 4.89. The Labute approximate surface area is 178 Å². The zero-order chi connectivity index (χ0) is 20.6. The molecule has 2 aromatic carbocycles. The first-order valence-corrected chi connectivity index (χ1v) is 10.3. The number of ether oxygens (including phenoxy) is 2. The zero-order valence-corrected chi connectivity index (χ0v) is 16.8. The molecule has 150 valence electrons. The van der Waals surface area contributed by atoms with Gasteiger partial charge in [-0.25, -0.2) is 4.98 Å². The van der Waals surface area contributed by atoms with Gasteiger partial charge in [-0.2, -0.15) is 0 Å². The molecule has 0 fully saturated rings. The molecule has 4 aromatic rings. The van der Waals surface area contributed by atoms with Gasteiger partial charge >= 0.3 is 0 Å². The van der Waals surface area contributed by atoms with E-state index in [0.29, 0.717) is 29.7 Å². The third-order valence-electron chi connectivity index (χ3n) is 4.14. The molecule has 0 saturated heterocycles. The van der Waals surface area contributed by atoms with Crippen LogP contribution in [0.4, 0.5) is 5.13 Å². The van der Waals surface area contributed by atoms with E-state index < -0.39 is 0 Å². The number of hydrogen-bond donors (Lipinski definition) is 1. The van der Waals surface area contributed by atoms with Crippen molar-refractivity contribution in [1.82, 2.24) is 9.97 Å². The minimum Gasteiger partial charge on any atom is -0.490 e. The van der Waals surface area contributed by atoms with E-state index in [1.807, 2.05) is 60.0 Å². The maximum Gasteiger partial charge on any atom is 0.261 e. The predicted octanol–water partition coefficient (Wildman–Crippen LogP) is 4.92. The Hall–Kier alpha value is -3.71. The minimum atomic E-state index is -0.281. The van der Waals surface area contributed by atoms with Gasteiger partial charge in [-0.05, 0) is 36.4 Å². The van der Waals surface area contributed by atoms with Gasteiger partial charge in [0.2, 0.25) is 0 Å². The fourth-order valence-electron chi connectivity index (χ4n) is 2.74. The highest BCUT2D eigenvalue weighted by molar-refractivity contribution is 7.14. The molecule has 0 saturated carbocycles. The lowest BCUT2D eigenvalue weighted by atomic mass is 10.2. The van der Waals surface area contributed by atoms with E-state index in [-0.39, 0.29) is 5.91 Å². The summed E-state index contributed by atoms with van der Waals surface area (Å²) in [6.07, 6.45) is 1.71. The SMILES string of the molecule is O=C(Nc1nc(-c2ccccn2)cs1)c1ccccc1OCCOc1ccccc1. The summed E-state index contributed by atoms with van der Waals surface area (Å²) in [7, 11) is 0. The lowest BCUT2D eigenvalue weighted by molar-refractivity contribution is 0.102. The monoisotopic (exact) mass is 417 g/mol. The van der Waals surface area contributed by atoms with Crippen LogP contribution in [0.3, 0.4) is 0 Å². The molecular weight excluding hydrogens is 398 g/mol. The van der Waals surface area contributed by atoms with Crippen molar-refractivity contribution in [2.24, 2.45) is 0 Å². The number of aromatic nitrogens is 2. The molecule has 0 aliphatic rings. The second-order valence-electron chi connectivity index (χ2n) is 6.21. The van der Waals surface area contributed by atoms with Crippen molar-refractivity contribution in [1.29, 1.82) is 0 Å². The van der Waals surface area contributed by atoms with Gasteiger partial charge in [0.25, 0.3) is 5.91 Å². The molecular formula is C23H19N3O3S. The van der Waals surface area contributed by atoms with E-state index in [4.69, 9.17) is 9.47 Å². The first-order chi connectivity index (χ1) is 14.8. The second kappa shape index (κ2) is 9.67. The summed E-state index contributed by atoms with van der Waals surface area (Å²) in [4.78, 5) is 21.5. The molecule has 1 amide bonds. The zero-order valence-electron chi connectivity index (χ0n) is 16.0. The Morgan fingerprint density at radius 2 is 1.63 bits per heavy atom. The van der Waals surface area contributed by atoms with Crippen molar-refractivity contribution in [2.45, 2.75) is 0 Å². The molecule has 0 bridgehead atoms. The Kier molecular flexibility index (Phi) is 6.31. The van der Waals surface area contributed by atoms with Crippen LogP contribution < -0.4 is 14.8 Å². The number of thiazole rings is 1. The summed E-state index contributed by atoms with van der Waals surface area (Å²) in [5, 5.41) is 5.20. The number of rotatable bonds is 8. The molecule has 0 aliphatic carbocycles. The Balaban J connectivity index is 1.37. The van der Waals surface area contributed by atoms with E-state index >= 15 is 0 Å². The van der Waals surface area contributed by atoms with Crippen molar-refractivity contribution in [3.63, 3.8) is 0 Å². The molecule has 0 spiro atoms. The number of hydrogen-bond acceptors (Lipinski definition) is 6. The van der Waals surface area contributed by atoms with Crippen molar-refractivity contribution in [2.75, 3.05) is 18.5 Å². The molecule has 1 N–H and O–H groups in total. The largest absolute Gasteiger partial charge is 0.490 e. The van der Waals surface area contributed by atoms with Crippen LogP contribution in [0.2, 0.25) is 0 Å². The normalized spacial score (nSPS) is 10.4. The van der Waals surface area contributed by atoms with Crippen LogP contribution in [-0.4, -0.2) is 29.1 Å². The van der Waals surface area contributed by atoms with Gasteiger partial charge in [-0.15, -0.1) is 11.3 Å². The molecule has 0 atom stereocenters. The van der Waals surface area contributed by atoms with Crippen LogP contribution >= 0.6 is 11.3 Å². The molecule has 4 rings (SSSR count). The lowest BCUT2D eigenvalue weighted by Crippen LogP contribution is -2.15. The number of benzene rings is 2. The van der Waals surface area contributed by atoms with Gasteiger partial charge in [0.15, 0.2) is 5.13 Å². The van der Waals surface area contributed by atoms with Crippen LogP contribution in [0, 0.1) is 0 Å². The summed E-state index contributed by atoms with van der Waals surface area (Å²) < 4.78 is 11.4.